The van der Waals surface area contributed by atoms with Crippen molar-refractivity contribution >= 4 is 23.4 Å². The maximum Gasteiger partial charge on any atom is 0.0476 e. The molecule has 1 rings (SSSR count). The zero-order valence-electron chi connectivity index (χ0n) is 5.32. The molecular weight excluding hydrogens is 157 g/mol. The van der Waals surface area contributed by atoms with Crippen molar-refractivity contribution in [1.82, 2.24) is 4.42 Å². The van der Waals surface area contributed by atoms with E-state index in [9.17, 15) is 0 Å². The minimum Gasteiger partial charge on any atom is -0.219 e. The van der Waals surface area contributed by atoms with Crippen LogP contribution in [0.4, 0.5) is 0 Å². The maximum atomic E-state index is 5.89. The topological polar surface area (TPSA) is 3.24 Å². The summed E-state index contributed by atoms with van der Waals surface area (Å²) in [6, 6.07) is 0. The number of hydrogen-bond acceptors (Lipinski definition) is 1. The zero-order chi connectivity index (χ0) is 6.69. The molecule has 0 aromatic carbocycles. The van der Waals surface area contributed by atoms with Crippen LogP contribution >= 0.6 is 23.4 Å². The van der Waals surface area contributed by atoms with Crippen LogP contribution in [0.2, 0.25) is 0 Å². The highest BCUT2D eigenvalue weighted by atomic mass is 35.5. The summed E-state index contributed by atoms with van der Waals surface area (Å²) in [5, 5.41) is 0.269. The predicted octanol–water partition coefficient (Wildman–Crippen LogP) is 2.23. The summed E-state index contributed by atoms with van der Waals surface area (Å²) >= 11 is 11.7. The van der Waals surface area contributed by atoms with E-state index in [1.807, 2.05) is 0 Å². The van der Waals surface area contributed by atoms with E-state index in [0.717, 1.165) is 19.5 Å². The average molecular weight is 168 g/mol. The van der Waals surface area contributed by atoms with E-state index in [4.69, 9.17) is 23.4 Å². The van der Waals surface area contributed by atoms with Crippen molar-refractivity contribution in [2.24, 2.45) is 0 Å². The summed E-state index contributed by atoms with van der Waals surface area (Å²) < 4.78 is 1.78. The van der Waals surface area contributed by atoms with Gasteiger partial charge in [-0.2, -0.15) is 0 Å². The summed E-state index contributed by atoms with van der Waals surface area (Å²) in [5.41, 5.74) is 0. The molecule has 3 heteroatoms. The van der Waals surface area contributed by atoms with E-state index < -0.39 is 0 Å². The normalized spacial score (nSPS) is 32.0. The van der Waals surface area contributed by atoms with E-state index in [1.165, 1.54) is 12.8 Å². The quantitative estimate of drug-likeness (QED) is 0.396. The first-order chi connectivity index (χ1) is 4.29. The molecular formula is C6H11Cl2N. The van der Waals surface area contributed by atoms with Crippen molar-refractivity contribution in [2.45, 2.75) is 24.6 Å². The van der Waals surface area contributed by atoms with E-state index in [0.29, 0.717) is 0 Å². The second-order valence-electron chi connectivity index (χ2n) is 2.46. The number of rotatable bonds is 0. The summed E-state index contributed by atoms with van der Waals surface area (Å²) in [6.45, 7) is 1.83. The highest BCUT2D eigenvalue weighted by Gasteiger charge is 2.13. The van der Waals surface area contributed by atoms with Gasteiger partial charge in [0.2, 0.25) is 0 Å². The third-order valence-corrected chi connectivity index (χ3v) is 2.23. The van der Waals surface area contributed by atoms with Crippen LogP contribution < -0.4 is 0 Å². The van der Waals surface area contributed by atoms with Crippen LogP contribution in [0.15, 0.2) is 0 Å². The zero-order valence-corrected chi connectivity index (χ0v) is 6.83. The molecule has 9 heavy (non-hydrogen) atoms. The highest BCUT2D eigenvalue weighted by Crippen LogP contribution is 2.15. The van der Waals surface area contributed by atoms with Gasteiger partial charge in [0.05, 0.1) is 0 Å². The molecule has 0 bridgehead atoms. The number of nitrogens with zero attached hydrogens (tertiary/aromatic N) is 1. The molecule has 1 saturated heterocycles. The molecule has 1 nitrogen and oxygen atoms in total. The SMILES string of the molecule is ClC1CCCCN(Cl)C1. The molecule has 0 spiro atoms. The largest absolute Gasteiger partial charge is 0.219 e. The van der Waals surface area contributed by atoms with E-state index in [2.05, 4.69) is 0 Å². The Morgan fingerprint density at radius 3 is 2.89 bits per heavy atom. The molecule has 0 aromatic heterocycles. The Kier molecular flexibility index (Phi) is 3.10. The van der Waals surface area contributed by atoms with Gasteiger partial charge in [0.25, 0.3) is 0 Å². The second-order valence-corrected chi connectivity index (χ2v) is 3.56. The van der Waals surface area contributed by atoms with E-state index in [-0.39, 0.29) is 5.38 Å². The summed E-state index contributed by atoms with van der Waals surface area (Å²) in [5.74, 6) is 0. The Morgan fingerprint density at radius 1 is 1.33 bits per heavy atom. The molecule has 1 aliphatic heterocycles. The fourth-order valence-electron chi connectivity index (χ4n) is 1.05. The Labute approximate surface area is 66.0 Å². The minimum atomic E-state index is 0.269. The average Bonchev–Trinajstić information content (AvgIpc) is 1.93. The first-order valence-corrected chi connectivity index (χ1v) is 4.11. The first-order valence-electron chi connectivity index (χ1n) is 3.34. The van der Waals surface area contributed by atoms with Gasteiger partial charge in [0, 0.05) is 18.5 Å². The van der Waals surface area contributed by atoms with E-state index >= 15 is 0 Å². The van der Waals surface area contributed by atoms with Gasteiger partial charge in [-0.15, -0.1) is 11.6 Å². The summed E-state index contributed by atoms with van der Waals surface area (Å²) in [7, 11) is 0. The van der Waals surface area contributed by atoms with Crippen LogP contribution in [0.1, 0.15) is 19.3 Å². The maximum absolute atomic E-state index is 5.89. The third-order valence-electron chi connectivity index (χ3n) is 1.56. The van der Waals surface area contributed by atoms with Crippen molar-refractivity contribution in [3.8, 4) is 0 Å². The van der Waals surface area contributed by atoms with Gasteiger partial charge in [0.1, 0.15) is 0 Å². The first kappa shape index (κ1) is 7.64. The van der Waals surface area contributed by atoms with Gasteiger partial charge >= 0.3 is 0 Å². The summed E-state index contributed by atoms with van der Waals surface area (Å²) in [4.78, 5) is 0. The molecule has 1 fully saturated rings. The molecule has 1 atom stereocenters. The molecule has 0 aromatic rings. The summed E-state index contributed by atoms with van der Waals surface area (Å²) in [6.07, 6.45) is 3.52. The van der Waals surface area contributed by atoms with Crippen molar-refractivity contribution in [3.63, 3.8) is 0 Å². The lowest BCUT2D eigenvalue weighted by Gasteiger charge is -2.10. The van der Waals surface area contributed by atoms with Crippen molar-refractivity contribution in [3.05, 3.63) is 0 Å². The highest BCUT2D eigenvalue weighted by molar-refractivity contribution is 6.21. The fourth-order valence-corrected chi connectivity index (χ4v) is 1.72. The predicted molar refractivity (Wildman–Crippen MR) is 40.9 cm³/mol. The number of hydrogen-bond donors (Lipinski definition) is 0. The molecule has 1 unspecified atom stereocenters. The third kappa shape index (κ3) is 2.74. The van der Waals surface area contributed by atoms with Crippen molar-refractivity contribution < 1.29 is 0 Å². The Morgan fingerprint density at radius 2 is 2.11 bits per heavy atom. The van der Waals surface area contributed by atoms with Crippen LogP contribution in [0, 0.1) is 0 Å². The minimum absolute atomic E-state index is 0.269. The van der Waals surface area contributed by atoms with Crippen molar-refractivity contribution in [2.75, 3.05) is 13.1 Å². The van der Waals surface area contributed by atoms with Crippen molar-refractivity contribution in [1.29, 1.82) is 0 Å². The van der Waals surface area contributed by atoms with Gasteiger partial charge in [0.15, 0.2) is 0 Å². The molecule has 54 valence electrons. The standard InChI is InChI=1S/C6H11Cl2N/c7-6-3-1-2-4-9(8)5-6/h6H,1-5H2. The van der Waals surface area contributed by atoms with Gasteiger partial charge < -0.3 is 0 Å². The van der Waals surface area contributed by atoms with Gasteiger partial charge in [-0.25, -0.2) is 4.42 Å². The molecule has 0 amide bonds. The van der Waals surface area contributed by atoms with Crippen LogP contribution in [-0.4, -0.2) is 22.9 Å². The molecule has 1 aliphatic rings. The molecule has 1 heterocycles. The molecule has 0 N–H and O–H groups in total. The number of halogens is 2. The van der Waals surface area contributed by atoms with E-state index in [1.54, 1.807) is 4.42 Å². The van der Waals surface area contributed by atoms with Gasteiger partial charge in [-0.3, -0.25) is 0 Å². The lowest BCUT2D eigenvalue weighted by Crippen LogP contribution is -2.18. The molecule has 0 saturated carbocycles. The Bertz CT molecular complexity index is 77.1. The number of alkyl halides is 1. The lowest BCUT2D eigenvalue weighted by molar-refractivity contribution is 0.475. The second kappa shape index (κ2) is 3.65. The molecule has 0 radical (unpaired) electrons. The Hall–Kier alpha value is 0.540. The fraction of sp³-hybridized carbons (Fsp3) is 1.00. The smallest absolute Gasteiger partial charge is 0.0476 e. The molecule has 0 aliphatic carbocycles. The lowest BCUT2D eigenvalue weighted by atomic mass is 10.2. The van der Waals surface area contributed by atoms with Crippen LogP contribution in [0.5, 0.6) is 0 Å². The monoisotopic (exact) mass is 167 g/mol. The Balaban J connectivity index is 2.29. The van der Waals surface area contributed by atoms with Crippen LogP contribution in [-0.2, 0) is 0 Å². The van der Waals surface area contributed by atoms with Crippen LogP contribution in [0.3, 0.4) is 0 Å². The van der Waals surface area contributed by atoms with Gasteiger partial charge in [-0.05, 0) is 24.6 Å². The van der Waals surface area contributed by atoms with Gasteiger partial charge in [-0.1, -0.05) is 6.42 Å². The van der Waals surface area contributed by atoms with Crippen LogP contribution in [0.25, 0.3) is 0 Å².